The van der Waals surface area contributed by atoms with E-state index in [9.17, 15) is 61.9 Å². The maximum atomic E-state index is 13.8. The van der Waals surface area contributed by atoms with E-state index in [-0.39, 0.29) is 6.42 Å². The van der Waals surface area contributed by atoms with E-state index in [1.165, 1.54) is 0 Å². The normalized spacial score (nSPS) is 22.6. The maximum absolute atomic E-state index is 13.8. The molecule has 2 unspecified atom stereocenters. The number of halogens is 13. The number of ether oxygens (including phenoxy) is 2. The molecule has 0 saturated carbocycles. The average molecular weight is 434 g/mol. The lowest BCUT2D eigenvalue weighted by atomic mass is 9.99. The lowest BCUT2D eigenvalue weighted by Crippen LogP contribution is -2.66. The lowest BCUT2D eigenvalue weighted by molar-refractivity contribution is -0.418. The smallest absolute Gasteiger partial charge is 0.369 e. The number of rotatable bonds is 6. The second-order valence-corrected chi connectivity index (χ2v) is 5.23. The van der Waals surface area contributed by atoms with Gasteiger partial charge in [-0.3, -0.25) is 9.53 Å². The van der Waals surface area contributed by atoms with Crippen molar-refractivity contribution < 1.29 is 71.3 Å². The zero-order valence-electron chi connectivity index (χ0n) is 12.3. The zero-order valence-corrected chi connectivity index (χ0v) is 12.3. The summed E-state index contributed by atoms with van der Waals surface area (Å²) in [5.41, 5.74) is 0. The fourth-order valence-electron chi connectivity index (χ4n) is 1.85. The largest absolute Gasteiger partial charge is 0.460 e. The Bertz CT molecular complexity index is 561. The van der Waals surface area contributed by atoms with Crippen LogP contribution in [0.4, 0.5) is 57.1 Å². The molecule has 1 aliphatic rings. The Balaban J connectivity index is 3.40. The van der Waals surface area contributed by atoms with Gasteiger partial charge in [-0.05, 0) is 12.8 Å². The van der Waals surface area contributed by atoms with Gasteiger partial charge in [0.15, 0.2) is 0 Å². The molecule has 1 fully saturated rings. The highest BCUT2D eigenvalue weighted by Gasteiger charge is 2.83. The Morgan fingerprint density at radius 1 is 0.815 bits per heavy atom. The summed E-state index contributed by atoms with van der Waals surface area (Å²) < 4.78 is 173. The van der Waals surface area contributed by atoms with Gasteiger partial charge in [0.1, 0.15) is 6.10 Å². The second-order valence-electron chi connectivity index (χ2n) is 5.23. The predicted molar refractivity (Wildman–Crippen MR) is 55.9 cm³/mol. The van der Waals surface area contributed by atoms with Gasteiger partial charge >= 0.3 is 36.2 Å². The molecular formula is C11H7F13O3. The maximum Gasteiger partial charge on any atom is 0.460 e. The Morgan fingerprint density at radius 2 is 1.30 bits per heavy atom. The SMILES string of the molecule is O=C(C(F)(F)C(F)(F)C(F)(F)F)C(F)(OC(F)(F)C1CCCO1)C(F)(F)F. The molecule has 2 atom stereocenters. The van der Waals surface area contributed by atoms with E-state index >= 15 is 0 Å². The van der Waals surface area contributed by atoms with Gasteiger partial charge in [0, 0.05) is 6.61 Å². The van der Waals surface area contributed by atoms with Gasteiger partial charge in [0.05, 0.1) is 0 Å². The molecule has 0 aromatic carbocycles. The first-order valence-corrected chi connectivity index (χ1v) is 6.54. The lowest BCUT2D eigenvalue weighted by Gasteiger charge is -2.36. The highest BCUT2D eigenvalue weighted by atomic mass is 19.4. The topological polar surface area (TPSA) is 35.5 Å². The van der Waals surface area contributed by atoms with Crippen molar-refractivity contribution in [3.05, 3.63) is 0 Å². The number of carbonyl (C=O) groups is 1. The van der Waals surface area contributed by atoms with Crippen LogP contribution in [0.1, 0.15) is 12.8 Å². The monoisotopic (exact) mass is 434 g/mol. The first-order valence-electron chi connectivity index (χ1n) is 6.54. The molecule has 0 N–H and O–H groups in total. The molecule has 1 rings (SSSR count). The van der Waals surface area contributed by atoms with Gasteiger partial charge in [0.2, 0.25) is 0 Å². The number of alkyl halides is 13. The number of Topliss-reactive ketones (excluding diaryl/α,β-unsaturated/α-hetero) is 1. The van der Waals surface area contributed by atoms with Crippen LogP contribution in [-0.2, 0) is 14.3 Å². The number of carbonyl (C=O) groups excluding carboxylic acids is 1. The molecule has 160 valence electrons. The Morgan fingerprint density at radius 3 is 1.63 bits per heavy atom. The third kappa shape index (κ3) is 3.95. The Labute approximate surface area is 140 Å². The van der Waals surface area contributed by atoms with Crippen molar-refractivity contribution in [2.24, 2.45) is 0 Å². The molecule has 1 heterocycles. The number of ketones is 1. The van der Waals surface area contributed by atoms with Gasteiger partial charge < -0.3 is 4.74 Å². The molecule has 0 aromatic rings. The molecule has 0 radical (unpaired) electrons. The predicted octanol–water partition coefficient (Wildman–Crippen LogP) is 4.40. The number of hydrogen-bond donors (Lipinski definition) is 0. The quantitative estimate of drug-likeness (QED) is 0.582. The first-order chi connectivity index (χ1) is 11.7. The molecule has 0 aliphatic carbocycles. The summed E-state index contributed by atoms with van der Waals surface area (Å²) >= 11 is 0. The summed E-state index contributed by atoms with van der Waals surface area (Å²) in [4.78, 5) is 11.0. The van der Waals surface area contributed by atoms with Crippen molar-refractivity contribution in [1.29, 1.82) is 0 Å². The standard InChI is InChI=1S/C11H7F13O3/c12-6(13,9(17,18)11(22,23)24)5(25)7(14,10(19,20)21)27-8(15,16)4-2-1-3-26-4/h4H,1-3H2. The van der Waals surface area contributed by atoms with Crippen LogP contribution >= 0.6 is 0 Å². The average Bonchev–Trinajstić information content (AvgIpc) is 2.98. The minimum atomic E-state index is -7.53. The van der Waals surface area contributed by atoms with Crippen molar-refractivity contribution in [3.63, 3.8) is 0 Å². The molecule has 0 aromatic heterocycles. The summed E-state index contributed by atoms with van der Waals surface area (Å²) in [6.07, 6.45) is -23.7. The molecule has 0 bridgehead atoms. The summed E-state index contributed by atoms with van der Waals surface area (Å²) in [5, 5.41) is 0. The van der Waals surface area contributed by atoms with E-state index in [1.54, 1.807) is 0 Å². The first kappa shape index (κ1) is 23.7. The van der Waals surface area contributed by atoms with Crippen LogP contribution < -0.4 is 0 Å². The van der Waals surface area contributed by atoms with Crippen LogP contribution in [0.25, 0.3) is 0 Å². The van der Waals surface area contributed by atoms with Gasteiger partial charge in [-0.25, -0.2) is 0 Å². The van der Waals surface area contributed by atoms with E-state index in [0.717, 1.165) is 0 Å². The molecule has 1 aliphatic heterocycles. The minimum absolute atomic E-state index is 0.245. The van der Waals surface area contributed by atoms with E-state index in [1.807, 2.05) is 0 Å². The van der Waals surface area contributed by atoms with E-state index in [4.69, 9.17) is 0 Å². The van der Waals surface area contributed by atoms with Crippen LogP contribution in [0.15, 0.2) is 0 Å². The molecule has 27 heavy (non-hydrogen) atoms. The summed E-state index contributed by atoms with van der Waals surface area (Å²) in [6.45, 7) is -0.523. The second kappa shape index (κ2) is 6.63. The molecule has 0 spiro atoms. The van der Waals surface area contributed by atoms with Crippen molar-refractivity contribution in [2.75, 3.05) is 6.61 Å². The molecule has 3 nitrogen and oxygen atoms in total. The van der Waals surface area contributed by atoms with Crippen molar-refractivity contribution in [1.82, 2.24) is 0 Å². The third-order valence-electron chi connectivity index (χ3n) is 3.27. The van der Waals surface area contributed by atoms with E-state index < -0.39 is 61.1 Å². The van der Waals surface area contributed by atoms with Gasteiger partial charge in [-0.2, -0.15) is 57.1 Å². The van der Waals surface area contributed by atoms with E-state index in [2.05, 4.69) is 9.47 Å². The molecular weight excluding hydrogens is 427 g/mol. The highest BCUT2D eigenvalue weighted by Crippen LogP contribution is 2.52. The zero-order chi connectivity index (χ0) is 21.7. The van der Waals surface area contributed by atoms with Crippen molar-refractivity contribution in [3.8, 4) is 0 Å². The van der Waals surface area contributed by atoms with Crippen LogP contribution in [0.3, 0.4) is 0 Å². The van der Waals surface area contributed by atoms with Crippen LogP contribution in [-0.4, -0.2) is 54.7 Å². The van der Waals surface area contributed by atoms with Gasteiger partial charge in [-0.15, -0.1) is 0 Å². The minimum Gasteiger partial charge on any atom is -0.369 e. The summed E-state index contributed by atoms with van der Waals surface area (Å²) in [6, 6.07) is 0. The molecule has 16 heteroatoms. The van der Waals surface area contributed by atoms with Crippen LogP contribution in [0.5, 0.6) is 0 Å². The van der Waals surface area contributed by atoms with Gasteiger partial charge in [0.25, 0.3) is 5.78 Å². The van der Waals surface area contributed by atoms with Crippen LogP contribution in [0, 0.1) is 0 Å². The summed E-state index contributed by atoms with van der Waals surface area (Å²) in [5.74, 6) is -26.8. The van der Waals surface area contributed by atoms with Gasteiger partial charge in [-0.1, -0.05) is 0 Å². The number of hydrogen-bond acceptors (Lipinski definition) is 3. The molecule has 1 saturated heterocycles. The van der Waals surface area contributed by atoms with Crippen molar-refractivity contribution >= 4 is 5.78 Å². The van der Waals surface area contributed by atoms with Crippen molar-refractivity contribution in [2.45, 2.75) is 55.1 Å². The Kier molecular flexibility index (Phi) is 5.83. The Hall–Kier alpha value is -1.32. The molecule has 0 amide bonds. The summed E-state index contributed by atoms with van der Waals surface area (Å²) in [7, 11) is 0. The highest BCUT2D eigenvalue weighted by molar-refractivity contribution is 5.94. The fourth-order valence-corrected chi connectivity index (χ4v) is 1.85. The fraction of sp³-hybridized carbons (Fsp3) is 0.909. The van der Waals surface area contributed by atoms with E-state index in [0.29, 0.717) is 0 Å². The third-order valence-corrected chi connectivity index (χ3v) is 3.27. The van der Waals surface area contributed by atoms with Crippen LogP contribution in [0.2, 0.25) is 0 Å².